The zero-order valence-corrected chi connectivity index (χ0v) is 17.8. The number of imide groups is 1. The maximum Gasteiger partial charge on any atom is 0.261 e. The van der Waals surface area contributed by atoms with Crippen LogP contribution in [-0.4, -0.2) is 29.9 Å². The van der Waals surface area contributed by atoms with E-state index in [2.05, 4.69) is 25.1 Å². The number of amides is 2. The Bertz CT molecular complexity index is 1050. The minimum Gasteiger partial charge on any atom is -0.493 e. The highest BCUT2D eigenvalue weighted by atomic mass is 16.5. The van der Waals surface area contributed by atoms with E-state index in [0.29, 0.717) is 24.3 Å². The molecule has 0 N–H and O–H groups in total. The molecular formula is C27H27NO3. The van der Waals surface area contributed by atoms with Gasteiger partial charge in [0.15, 0.2) is 0 Å². The van der Waals surface area contributed by atoms with Gasteiger partial charge in [0.25, 0.3) is 11.8 Å². The van der Waals surface area contributed by atoms with Crippen LogP contribution < -0.4 is 4.74 Å². The lowest BCUT2D eigenvalue weighted by molar-refractivity contribution is 0.0651. The average Bonchev–Trinajstić information content (AvgIpc) is 3.04. The van der Waals surface area contributed by atoms with E-state index in [0.717, 1.165) is 37.0 Å². The van der Waals surface area contributed by atoms with Crippen LogP contribution >= 0.6 is 0 Å². The lowest BCUT2D eigenvalue weighted by Gasteiger charge is -2.14. The van der Waals surface area contributed by atoms with Crippen molar-refractivity contribution in [3.8, 4) is 16.9 Å². The Kier molecular flexibility index (Phi) is 6.46. The third-order valence-electron chi connectivity index (χ3n) is 5.73. The topological polar surface area (TPSA) is 46.6 Å². The summed E-state index contributed by atoms with van der Waals surface area (Å²) in [5.74, 6) is 0.566. The molecule has 1 aliphatic rings. The van der Waals surface area contributed by atoms with Gasteiger partial charge in [0.2, 0.25) is 0 Å². The van der Waals surface area contributed by atoms with E-state index in [1.807, 2.05) is 30.3 Å². The second kappa shape index (κ2) is 9.61. The van der Waals surface area contributed by atoms with Crippen molar-refractivity contribution in [2.45, 2.75) is 32.6 Å². The zero-order valence-electron chi connectivity index (χ0n) is 17.8. The summed E-state index contributed by atoms with van der Waals surface area (Å²) in [6.07, 6.45) is 3.70. The summed E-state index contributed by atoms with van der Waals surface area (Å²) in [5, 5.41) is 0. The molecule has 158 valence electrons. The van der Waals surface area contributed by atoms with E-state index < -0.39 is 0 Å². The Balaban J connectivity index is 1.22. The smallest absolute Gasteiger partial charge is 0.261 e. The summed E-state index contributed by atoms with van der Waals surface area (Å²) in [6, 6.07) is 23.5. The van der Waals surface area contributed by atoms with E-state index in [-0.39, 0.29) is 11.8 Å². The first-order valence-electron chi connectivity index (χ1n) is 10.9. The minimum absolute atomic E-state index is 0.170. The number of nitrogens with zero attached hydrogens (tertiary/aromatic N) is 1. The fourth-order valence-corrected chi connectivity index (χ4v) is 4.04. The Labute approximate surface area is 183 Å². The molecule has 0 saturated heterocycles. The zero-order chi connectivity index (χ0) is 21.6. The Morgan fingerprint density at radius 2 is 1.19 bits per heavy atom. The predicted molar refractivity (Wildman–Crippen MR) is 122 cm³/mol. The van der Waals surface area contributed by atoms with Crippen molar-refractivity contribution in [1.29, 1.82) is 0 Å². The van der Waals surface area contributed by atoms with Gasteiger partial charge in [0.1, 0.15) is 5.75 Å². The number of unbranched alkanes of at least 4 members (excludes halogenated alkanes) is 3. The molecule has 4 nitrogen and oxygen atoms in total. The summed E-state index contributed by atoms with van der Waals surface area (Å²) in [4.78, 5) is 26.2. The van der Waals surface area contributed by atoms with Gasteiger partial charge in [-0.1, -0.05) is 67.4 Å². The van der Waals surface area contributed by atoms with Gasteiger partial charge in [0, 0.05) is 12.1 Å². The highest BCUT2D eigenvalue weighted by Gasteiger charge is 2.34. The fourth-order valence-electron chi connectivity index (χ4n) is 4.04. The molecule has 0 atom stereocenters. The number of rotatable bonds is 9. The highest BCUT2D eigenvalue weighted by molar-refractivity contribution is 6.21. The lowest BCUT2D eigenvalue weighted by atomic mass is 10.00. The van der Waals surface area contributed by atoms with Gasteiger partial charge < -0.3 is 4.74 Å². The first-order valence-corrected chi connectivity index (χ1v) is 10.9. The van der Waals surface area contributed by atoms with E-state index in [9.17, 15) is 9.59 Å². The molecule has 4 rings (SSSR count). The molecule has 0 aromatic heterocycles. The second-order valence-corrected chi connectivity index (χ2v) is 7.88. The molecule has 2 amide bonds. The van der Waals surface area contributed by atoms with Gasteiger partial charge in [-0.25, -0.2) is 0 Å². The molecule has 3 aromatic rings. The minimum atomic E-state index is -0.170. The summed E-state index contributed by atoms with van der Waals surface area (Å²) >= 11 is 0. The van der Waals surface area contributed by atoms with Crippen LogP contribution in [0, 0.1) is 6.92 Å². The lowest BCUT2D eigenvalue weighted by Crippen LogP contribution is -2.30. The Morgan fingerprint density at radius 3 is 1.87 bits per heavy atom. The van der Waals surface area contributed by atoms with Crippen LogP contribution in [0.25, 0.3) is 11.1 Å². The second-order valence-electron chi connectivity index (χ2n) is 7.88. The SMILES string of the molecule is Cc1ccccc1-c1ccccc1OCCCCCCN1C(=O)c2ccccc2C1=O. The summed E-state index contributed by atoms with van der Waals surface area (Å²) in [6.45, 7) is 3.24. The number of para-hydroxylation sites is 1. The van der Waals surface area contributed by atoms with E-state index in [1.54, 1.807) is 24.3 Å². The van der Waals surface area contributed by atoms with Crippen LogP contribution in [-0.2, 0) is 0 Å². The molecule has 31 heavy (non-hydrogen) atoms. The van der Waals surface area contributed by atoms with E-state index >= 15 is 0 Å². The van der Waals surface area contributed by atoms with Crippen LogP contribution in [0.1, 0.15) is 52.0 Å². The third-order valence-corrected chi connectivity index (χ3v) is 5.73. The monoisotopic (exact) mass is 413 g/mol. The number of benzene rings is 3. The number of carbonyl (C=O) groups is 2. The molecule has 1 heterocycles. The summed E-state index contributed by atoms with van der Waals surface area (Å²) in [7, 11) is 0. The van der Waals surface area contributed by atoms with Crippen LogP contribution in [0.5, 0.6) is 5.75 Å². The Hall–Kier alpha value is -3.40. The molecule has 0 fully saturated rings. The van der Waals surface area contributed by atoms with Crippen molar-refractivity contribution in [2.75, 3.05) is 13.2 Å². The molecule has 4 heteroatoms. The van der Waals surface area contributed by atoms with Crippen LogP contribution in [0.4, 0.5) is 0 Å². The molecule has 0 bridgehead atoms. The Morgan fingerprint density at radius 1 is 0.645 bits per heavy atom. The van der Waals surface area contributed by atoms with Crippen LogP contribution in [0.15, 0.2) is 72.8 Å². The van der Waals surface area contributed by atoms with E-state index in [4.69, 9.17) is 4.74 Å². The molecule has 1 aliphatic heterocycles. The molecule has 0 radical (unpaired) electrons. The van der Waals surface area contributed by atoms with E-state index in [1.165, 1.54) is 16.0 Å². The van der Waals surface area contributed by atoms with Crippen LogP contribution in [0.3, 0.4) is 0 Å². The van der Waals surface area contributed by atoms with Crippen LogP contribution in [0.2, 0.25) is 0 Å². The summed E-state index contributed by atoms with van der Waals surface area (Å²) < 4.78 is 6.08. The number of fused-ring (bicyclic) bond motifs is 1. The van der Waals surface area contributed by atoms with Crippen molar-refractivity contribution in [1.82, 2.24) is 4.90 Å². The van der Waals surface area contributed by atoms with Gasteiger partial charge in [0.05, 0.1) is 17.7 Å². The number of carbonyl (C=O) groups excluding carboxylic acids is 2. The number of hydrogen-bond acceptors (Lipinski definition) is 3. The van der Waals surface area contributed by atoms with Crippen molar-refractivity contribution in [3.63, 3.8) is 0 Å². The van der Waals surface area contributed by atoms with Gasteiger partial charge in [-0.15, -0.1) is 0 Å². The van der Waals surface area contributed by atoms with Gasteiger partial charge in [-0.2, -0.15) is 0 Å². The third kappa shape index (κ3) is 4.53. The average molecular weight is 414 g/mol. The highest BCUT2D eigenvalue weighted by Crippen LogP contribution is 2.32. The van der Waals surface area contributed by atoms with Gasteiger partial charge in [-0.05, 0) is 49.1 Å². The normalized spacial score (nSPS) is 12.9. The molecule has 3 aromatic carbocycles. The van der Waals surface area contributed by atoms with Gasteiger partial charge >= 0.3 is 0 Å². The number of hydrogen-bond donors (Lipinski definition) is 0. The standard InChI is InChI=1S/C27H27NO3/c1-20-12-4-5-13-21(20)22-14-8-9-17-25(22)31-19-11-3-2-10-18-28-26(29)23-15-6-7-16-24(23)27(28)30/h4-9,12-17H,2-3,10-11,18-19H2,1H3. The van der Waals surface area contributed by atoms with Crippen molar-refractivity contribution in [2.24, 2.45) is 0 Å². The molecule has 0 spiro atoms. The molecule has 0 aliphatic carbocycles. The maximum atomic E-state index is 12.4. The number of ether oxygens (including phenoxy) is 1. The predicted octanol–water partition coefficient (Wildman–Crippen LogP) is 5.90. The summed E-state index contributed by atoms with van der Waals surface area (Å²) in [5.41, 5.74) is 4.58. The van der Waals surface area contributed by atoms with Gasteiger partial charge in [-0.3, -0.25) is 14.5 Å². The van der Waals surface area contributed by atoms with Crippen molar-refractivity contribution < 1.29 is 14.3 Å². The molecule has 0 saturated carbocycles. The first kappa shape index (κ1) is 20.9. The van der Waals surface area contributed by atoms with Crippen molar-refractivity contribution >= 4 is 11.8 Å². The fraction of sp³-hybridized carbons (Fsp3) is 0.259. The maximum absolute atomic E-state index is 12.4. The van der Waals surface area contributed by atoms with Crippen molar-refractivity contribution in [3.05, 3.63) is 89.5 Å². The first-order chi connectivity index (χ1) is 15.2. The molecular weight excluding hydrogens is 386 g/mol. The quantitative estimate of drug-likeness (QED) is 0.324. The number of aryl methyl sites for hydroxylation is 1. The molecule has 0 unspecified atom stereocenters. The largest absolute Gasteiger partial charge is 0.493 e.